The summed E-state index contributed by atoms with van der Waals surface area (Å²) >= 11 is 3.81. The standard InChI is InChI=1S/C40H36S2/c1-3-5-14-30-31-17-9-10-18-32(31)33(15-6-4-2)36-26-28(20-21-34(30)36)37-22-24-39(41-37)40-25-23-38(42-40)35-19-11-13-27-12-7-8-16-29(27)35/h7-13,16-26H,3-6,14-15H2,1-2H3. The van der Waals surface area contributed by atoms with Gasteiger partial charge in [-0.2, -0.15) is 0 Å². The monoisotopic (exact) mass is 580 g/mol. The normalized spacial score (nSPS) is 11.7. The summed E-state index contributed by atoms with van der Waals surface area (Å²) < 4.78 is 0. The van der Waals surface area contributed by atoms with Crippen LogP contribution in [0.25, 0.3) is 63.0 Å². The minimum absolute atomic E-state index is 1.13. The summed E-state index contributed by atoms with van der Waals surface area (Å²) in [4.78, 5) is 5.35. The molecule has 0 atom stereocenters. The SMILES string of the molecule is CCCCc1c2ccccc2c(CCCC)c2cc(-c3ccc(-c4ccc(-c5cccc6ccccc56)s4)s3)ccc12. The summed E-state index contributed by atoms with van der Waals surface area (Å²) in [5.74, 6) is 0. The fraction of sp³-hybridized carbons (Fsp3) is 0.200. The van der Waals surface area contributed by atoms with Crippen molar-refractivity contribution in [1.82, 2.24) is 0 Å². The Morgan fingerprint density at radius 1 is 0.452 bits per heavy atom. The van der Waals surface area contributed by atoms with Crippen molar-refractivity contribution in [2.75, 3.05) is 0 Å². The predicted octanol–water partition coefficient (Wildman–Crippen LogP) is 13.0. The number of hydrogen-bond donors (Lipinski definition) is 0. The molecular formula is C40H36S2. The number of unbranched alkanes of at least 4 members (excludes halogenated alkanes) is 2. The lowest BCUT2D eigenvalue weighted by atomic mass is 9.87. The van der Waals surface area contributed by atoms with Crippen molar-refractivity contribution >= 4 is 55.0 Å². The molecule has 2 heterocycles. The molecule has 7 aromatic rings. The van der Waals surface area contributed by atoms with Crippen LogP contribution in [0.1, 0.15) is 50.7 Å². The van der Waals surface area contributed by atoms with Crippen LogP contribution in [0.15, 0.2) is 109 Å². The maximum atomic E-state index is 2.49. The predicted molar refractivity (Wildman–Crippen MR) is 188 cm³/mol. The van der Waals surface area contributed by atoms with E-state index in [1.165, 1.54) is 99.8 Å². The number of aryl methyl sites for hydroxylation is 2. The summed E-state index contributed by atoms with van der Waals surface area (Å²) in [6.45, 7) is 4.60. The molecule has 0 saturated carbocycles. The highest BCUT2D eigenvalue weighted by molar-refractivity contribution is 7.25. The van der Waals surface area contributed by atoms with Gasteiger partial charge < -0.3 is 0 Å². The summed E-state index contributed by atoms with van der Waals surface area (Å²) in [6.07, 6.45) is 7.15. The summed E-state index contributed by atoms with van der Waals surface area (Å²) in [7, 11) is 0. The van der Waals surface area contributed by atoms with Crippen molar-refractivity contribution < 1.29 is 0 Å². The molecule has 0 bridgehead atoms. The van der Waals surface area contributed by atoms with Crippen LogP contribution in [-0.4, -0.2) is 0 Å². The van der Waals surface area contributed by atoms with Crippen LogP contribution in [0.4, 0.5) is 0 Å². The molecule has 7 rings (SSSR count). The maximum absolute atomic E-state index is 2.49. The van der Waals surface area contributed by atoms with Crippen LogP contribution in [0.2, 0.25) is 0 Å². The third kappa shape index (κ3) is 4.97. The van der Waals surface area contributed by atoms with Crippen molar-refractivity contribution in [3.05, 3.63) is 120 Å². The Balaban J connectivity index is 1.29. The Morgan fingerprint density at radius 2 is 1.00 bits per heavy atom. The average Bonchev–Trinajstić information content (AvgIpc) is 3.73. The molecule has 0 N–H and O–H groups in total. The van der Waals surface area contributed by atoms with E-state index in [-0.39, 0.29) is 0 Å². The van der Waals surface area contributed by atoms with E-state index in [4.69, 9.17) is 0 Å². The Kier molecular flexibility index (Phi) is 7.67. The van der Waals surface area contributed by atoms with E-state index < -0.39 is 0 Å². The van der Waals surface area contributed by atoms with Gasteiger partial charge in [0.15, 0.2) is 0 Å². The Morgan fingerprint density at radius 3 is 1.71 bits per heavy atom. The molecule has 0 nitrogen and oxygen atoms in total. The molecule has 0 aliphatic heterocycles. The van der Waals surface area contributed by atoms with Crippen LogP contribution in [-0.2, 0) is 12.8 Å². The molecule has 42 heavy (non-hydrogen) atoms. The molecule has 0 radical (unpaired) electrons. The molecular weight excluding hydrogens is 545 g/mol. The average molecular weight is 581 g/mol. The molecule has 0 fully saturated rings. The fourth-order valence-corrected chi connectivity index (χ4v) is 8.57. The minimum Gasteiger partial charge on any atom is -0.134 e. The van der Waals surface area contributed by atoms with Gasteiger partial charge in [-0.3, -0.25) is 0 Å². The zero-order valence-electron chi connectivity index (χ0n) is 24.5. The lowest BCUT2D eigenvalue weighted by Gasteiger charge is -2.18. The number of benzene rings is 5. The molecule has 5 aromatic carbocycles. The van der Waals surface area contributed by atoms with Gasteiger partial charge in [-0.25, -0.2) is 0 Å². The van der Waals surface area contributed by atoms with Crippen LogP contribution < -0.4 is 0 Å². The molecule has 0 aliphatic rings. The highest BCUT2D eigenvalue weighted by Crippen LogP contribution is 2.43. The summed E-state index contributed by atoms with van der Waals surface area (Å²) in [5.41, 5.74) is 5.71. The van der Waals surface area contributed by atoms with Gasteiger partial charge in [-0.05, 0) is 111 Å². The number of hydrogen-bond acceptors (Lipinski definition) is 2. The van der Waals surface area contributed by atoms with Crippen LogP contribution in [0, 0.1) is 0 Å². The van der Waals surface area contributed by atoms with Crippen LogP contribution in [0.3, 0.4) is 0 Å². The Labute approximate surface area is 257 Å². The van der Waals surface area contributed by atoms with Gasteiger partial charge in [0.2, 0.25) is 0 Å². The Hall–Kier alpha value is -3.72. The third-order valence-corrected chi connectivity index (χ3v) is 11.1. The number of rotatable bonds is 9. The summed E-state index contributed by atoms with van der Waals surface area (Å²) in [6, 6.07) is 41.0. The van der Waals surface area contributed by atoms with Crippen LogP contribution in [0.5, 0.6) is 0 Å². The molecule has 2 aromatic heterocycles. The molecule has 0 saturated heterocycles. The molecule has 0 aliphatic carbocycles. The van der Waals surface area contributed by atoms with E-state index in [1.54, 1.807) is 0 Å². The molecule has 0 amide bonds. The summed E-state index contributed by atoms with van der Waals surface area (Å²) in [5, 5.41) is 8.43. The highest BCUT2D eigenvalue weighted by atomic mass is 32.1. The first-order valence-corrected chi connectivity index (χ1v) is 17.0. The van der Waals surface area contributed by atoms with Gasteiger partial charge in [0.05, 0.1) is 0 Å². The van der Waals surface area contributed by atoms with E-state index in [0.29, 0.717) is 0 Å². The van der Waals surface area contributed by atoms with Crippen molar-refractivity contribution in [3.8, 4) is 30.6 Å². The molecule has 0 unspecified atom stereocenters. The van der Waals surface area contributed by atoms with Gasteiger partial charge in [0.25, 0.3) is 0 Å². The van der Waals surface area contributed by atoms with E-state index in [9.17, 15) is 0 Å². The van der Waals surface area contributed by atoms with E-state index >= 15 is 0 Å². The second kappa shape index (κ2) is 11.9. The maximum Gasteiger partial charge on any atom is 0.0449 e. The minimum atomic E-state index is 1.13. The number of thiophene rings is 2. The topological polar surface area (TPSA) is 0 Å². The van der Waals surface area contributed by atoms with Gasteiger partial charge in [-0.15, -0.1) is 22.7 Å². The smallest absolute Gasteiger partial charge is 0.0449 e. The zero-order chi connectivity index (χ0) is 28.5. The van der Waals surface area contributed by atoms with Crippen molar-refractivity contribution in [1.29, 1.82) is 0 Å². The largest absolute Gasteiger partial charge is 0.134 e. The van der Waals surface area contributed by atoms with Crippen molar-refractivity contribution in [2.24, 2.45) is 0 Å². The lowest BCUT2D eigenvalue weighted by molar-refractivity contribution is 0.797. The quantitative estimate of drug-likeness (QED) is 0.149. The highest BCUT2D eigenvalue weighted by Gasteiger charge is 2.16. The second-order valence-electron chi connectivity index (χ2n) is 11.3. The van der Waals surface area contributed by atoms with Crippen LogP contribution >= 0.6 is 22.7 Å². The van der Waals surface area contributed by atoms with E-state index in [1.807, 2.05) is 22.7 Å². The van der Waals surface area contributed by atoms with Gasteiger partial charge >= 0.3 is 0 Å². The van der Waals surface area contributed by atoms with Gasteiger partial charge in [-0.1, -0.05) is 106 Å². The van der Waals surface area contributed by atoms with Crippen molar-refractivity contribution in [3.63, 3.8) is 0 Å². The fourth-order valence-electron chi connectivity index (χ4n) is 6.44. The zero-order valence-corrected chi connectivity index (χ0v) is 26.1. The molecule has 2 heteroatoms. The van der Waals surface area contributed by atoms with Gasteiger partial charge in [0.1, 0.15) is 0 Å². The second-order valence-corrected chi connectivity index (χ2v) is 13.5. The molecule has 0 spiro atoms. The first kappa shape index (κ1) is 27.1. The first-order chi connectivity index (χ1) is 20.7. The van der Waals surface area contributed by atoms with E-state index in [0.717, 1.165) is 12.8 Å². The van der Waals surface area contributed by atoms with Gasteiger partial charge in [0, 0.05) is 19.5 Å². The van der Waals surface area contributed by atoms with Crippen molar-refractivity contribution in [2.45, 2.75) is 52.4 Å². The third-order valence-electron chi connectivity index (χ3n) is 8.60. The lowest BCUT2D eigenvalue weighted by Crippen LogP contribution is -1.97. The molecule has 208 valence electrons. The Bertz CT molecular complexity index is 2010. The van der Waals surface area contributed by atoms with E-state index in [2.05, 4.69) is 123 Å². The first-order valence-electron chi connectivity index (χ1n) is 15.4. The number of fused-ring (bicyclic) bond motifs is 3.